The second-order valence-corrected chi connectivity index (χ2v) is 7.56. The molecular formula is C26H35BN2. The SMILES string of the molecule is CCC=CCCB(c1ccccc1)c1ccccc1.CCn1ccnc1C(C)C. The third kappa shape index (κ3) is 7.42. The molecule has 0 saturated carbocycles. The monoisotopic (exact) mass is 386 g/mol. The van der Waals surface area contributed by atoms with E-state index in [4.69, 9.17) is 0 Å². The predicted molar refractivity (Wildman–Crippen MR) is 129 cm³/mol. The molecule has 1 aromatic heterocycles. The lowest BCUT2D eigenvalue weighted by atomic mass is 9.38. The average molecular weight is 386 g/mol. The Morgan fingerprint density at radius 1 is 0.897 bits per heavy atom. The van der Waals surface area contributed by atoms with Gasteiger partial charge in [-0.15, -0.1) is 0 Å². The molecule has 29 heavy (non-hydrogen) atoms. The molecule has 3 heteroatoms. The summed E-state index contributed by atoms with van der Waals surface area (Å²) in [5.41, 5.74) is 2.83. The van der Waals surface area contributed by atoms with Crippen LogP contribution in [-0.4, -0.2) is 16.3 Å². The van der Waals surface area contributed by atoms with E-state index in [2.05, 4.69) is 110 Å². The van der Waals surface area contributed by atoms with Crippen LogP contribution in [0.15, 0.2) is 85.2 Å². The first-order valence-corrected chi connectivity index (χ1v) is 10.9. The fraction of sp³-hybridized carbons (Fsp3) is 0.346. The van der Waals surface area contributed by atoms with Gasteiger partial charge >= 0.3 is 0 Å². The quantitative estimate of drug-likeness (QED) is 0.360. The van der Waals surface area contributed by atoms with Crippen LogP contribution in [0.4, 0.5) is 0 Å². The van der Waals surface area contributed by atoms with Crippen LogP contribution < -0.4 is 10.9 Å². The molecule has 0 N–H and O–H groups in total. The Morgan fingerprint density at radius 2 is 1.48 bits per heavy atom. The molecule has 0 saturated heterocycles. The minimum atomic E-state index is 0.504. The highest BCUT2D eigenvalue weighted by atomic mass is 15.1. The maximum absolute atomic E-state index is 4.25. The lowest BCUT2D eigenvalue weighted by molar-refractivity contribution is 0.652. The van der Waals surface area contributed by atoms with Crippen LogP contribution in [0.25, 0.3) is 0 Å². The summed E-state index contributed by atoms with van der Waals surface area (Å²) in [7, 11) is 0. The van der Waals surface area contributed by atoms with E-state index in [0.717, 1.165) is 19.4 Å². The van der Waals surface area contributed by atoms with Crippen LogP contribution in [0.3, 0.4) is 0 Å². The Morgan fingerprint density at radius 3 is 1.93 bits per heavy atom. The molecule has 0 unspecified atom stereocenters. The average Bonchev–Trinajstić information content (AvgIpc) is 3.25. The molecule has 0 spiro atoms. The Balaban J connectivity index is 0.000000253. The normalized spacial score (nSPS) is 10.8. The molecule has 2 aromatic carbocycles. The van der Waals surface area contributed by atoms with Gasteiger partial charge < -0.3 is 4.57 Å². The molecule has 0 amide bonds. The molecule has 0 aliphatic rings. The molecule has 0 atom stereocenters. The maximum atomic E-state index is 4.25. The van der Waals surface area contributed by atoms with Gasteiger partial charge in [0.05, 0.1) is 0 Å². The molecule has 0 bridgehead atoms. The van der Waals surface area contributed by atoms with Crippen LogP contribution in [-0.2, 0) is 6.54 Å². The van der Waals surface area contributed by atoms with Gasteiger partial charge in [-0.3, -0.25) is 0 Å². The zero-order chi connectivity index (χ0) is 20.9. The minimum absolute atomic E-state index is 0.504. The Bertz CT molecular complexity index is 783. The number of imidazole rings is 1. The summed E-state index contributed by atoms with van der Waals surface area (Å²) in [4.78, 5) is 4.25. The standard InChI is InChI=1S/C18H21B.C8H14N2/c1-2-3-4-11-16-19(17-12-7-5-8-13-17)18-14-9-6-10-15-18;1-4-10-6-5-9-8(10)7(2)3/h3-10,12-15H,2,11,16H2,1H3;5-7H,4H2,1-3H3. The third-order valence-electron chi connectivity index (χ3n) is 5.03. The summed E-state index contributed by atoms with van der Waals surface area (Å²) in [6, 6.07) is 21.6. The largest absolute Gasteiger partial charge is 0.335 e. The number of aromatic nitrogens is 2. The van der Waals surface area contributed by atoms with Crippen molar-refractivity contribution in [1.29, 1.82) is 0 Å². The van der Waals surface area contributed by atoms with Gasteiger partial charge in [0.2, 0.25) is 6.71 Å². The van der Waals surface area contributed by atoms with Gasteiger partial charge in [-0.25, -0.2) is 4.98 Å². The van der Waals surface area contributed by atoms with Crippen molar-refractivity contribution in [3.8, 4) is 0 Å². The number of hydrogen-bond acceptors (Lipinski definition) is 1. The summed E-state index contributed by atoms with van der Waals surface area (Å²) in [6.07, 6.45) is 11.9. The maximum Gasteiger partial charge on any atom is 0.209 e. The first kappa shape index (κ1) is 22.7. The van der Waals surface area contributed by atoms with Crippen molar-refractivity contribution in [2.75, 3.05) is 0 Å². The smallest absolute Gasteiger partial charge is 0.209 e. The summed E-state index contributed by atoms with van der Waals surface area (Å²) < 4.78 is 2.17. The molecule has 0 radical (unpaired) electrons. The molecule has 3 rings (SSSR count). The predicted octanol–water partition coefficient (Wildman–Crippen LogP) is 5.68. The number of hydrogen-bond donors (Lipinski definition) is 0. The number of nitrogens with zero attached hydrogens (tertiary/aromatic N) is 2. The summed E-state index contributed by atoms with van der Waals surface area (Å²) >= 11 is 0. The zero-order valence-corrected chi connectivity index (χ0v) is 18.5. The Hall–Kier alpha value is -2.55. The second-order valence-electron chi connectivity index (χ2n) is 7.56. The van der Waals surface area contributed by atoms with Crippen LogP contribution in [0.2, 0.25) is 6.32 Å². The molecule has 0 aliphatic heterocycles. The van der Waals surface area contributed by atoms with Crippen LogP contribution in [0, 0.1) is 0 Å². The molecule has 152 valence electrons. The van der Waals surface area contributed by atoms with Crippen molar-refractivity contribution in [3.63, 3.8) is 0 Å². The van der Waals surface area contributed by atoms with Crippen molar-refractivity contribution in [2.24, 2.45) is 0 Å². The highest BCUT2D eigenvalue weighted by molar-refractivity contribution is 6.85. The summed E-state index contributed by atoms with van der Waals surface area (Å²) in [5, 5.41) is 0. The summed E-state index contributed by atoms with van der Waals surface area (Å²) in [5.74, 6) is 1.72. The van der Waals surface area contributed by atoms with Crippen molar-refractivity contribution in [3.05, 3.63) is 91.0 Å². The third-order valence-corrected chi connectivity index (χ3v) is 5.03. The van der Waals surface area contributed by atoms with Gasteiger partial charge in [0.15, 0.2) is 0 Å². The van der Waals surface area contributed by atoms with Crippen molar-refractivity contribution < 1.29 is 0 Å². The van der Waals surface area contributed by atoms with Gasteiger partial charge in [-0.05, 0) is 19.8 Å². The van der Waals surface area contributed by atoms with Crippen molar-refractivity contribution in [2.45, 2.75) is 59.3 Å². The van der Waals surface area contributed by atoms with Gasteiger partial charge in [-0.2, -0.15) is 0 Å². The highest BCUT2D eigenvalue weighted by Gasteiger charge is 2.17. The first-order chi connectivity index (χ1) is 14.2. The second kappa shape index (κ2) is 12.8. The van der Waals surface area contributed by atoms with E-state index in [1.165, 1.54) is 23.1 Å². The molecule has 3 aromatic rings. The van der Waals surface area contributed by atoms with Crippen LogP contribution in [0.5, 0.6) is 0 Å². The summed E-state index contributed by atoms with van der Waals surface area (Å²) in [6.45, 7) is 10.2. The van der Waals surface area contributed by atoms with Gasteiger partial charge in [0.25, 0.3) is 0 Å². The van der Waals surface area contributed by atoms with E-state index in [1.807, 2.05) is 12.4 Å². The lowest BCUT2D eigenvalue weighted by Gasteiger charge is -2.13. The van der Waals surface area contributed by atoms with E-state index >= 15 is 0 Å². The molecule has 1 heterocycles. The fourth-order valence-corrected chi connectivity index (χ4v) is 3.53. The lowest BCUT2D eigenvalue weighted by Crippen LogP contribution is -2.41. The van der Waals surface area contributed by atoms with E-state index in [9.17, 15) is 0 Å². The van der Waals surface area contributed by atoms with Gasteiger partial charge in [0.1, 0.15) is 5.82 Å². The number of rotatable bonds is 8. The zero-order valence-electron chi connectivity index (χ0n) is 18.5. The highest BCUT2D eigenvalue weighted by Crippen LogP contribution is 2.10. The first-order valence-electron chi connectivity index (χ1n) is 10.9. The van der Waals surface area contributed by atoms with E-state index in [-0.39, 0.29) is 0 Å². The van der Waals surface area contributed by atoms with Gasteiger partial charge in [-0.1, -0.05) is 111 Å². The number of aryl methyl sites for hydroxylation is 1. The molecule has 0 aliphatic carbocycles. The topological polar surface area (TPSA) is 17.8 Å². The van der Waals surface area contributed by atoms with Crippen LogP contribution in [0.1, 0.15) is 52.3 Å². The molecule has 0 fully saturated rings. The van der Waals surface area contributed by atoms with E-state index < -0.39 is 0 Å². The Kier molecular flexibility index (Phi) is 10.1. The van der Waals surface area contributed by atoms with Crippen molar-refractivity contribution in [1.82, 2.24) is 9.55 Å². The van der Waals surface area contributed by atoms with Gasteiger partial charge in [0, 0.05) is 24.9 Å². The van der Waals surface area contributed by atoms with Crippen LogP contribution >= 0.6 is 0 Å². The molecular weight excluding hydrogens is 351 g/mol. The number of benzene rings is 2. The fourth-order valence-electron chi connectivity index (χ4n) is 3.53. The van der Waals surface area contributed by atoms with E-state index in [0.29, 0.717) is 12.6 Å². The number of allylic oxidation sites excluding steroid dienone is 2. The minimum Gasteiger partial charge on any atom is -0.335 e. The van der Waals surface area contributed by atoms with E-state index in [1.54, 1.807) is 0 Å². The Labute approximate surface area is 177 Å². The molecule has 2 nitrogen and oxygen atoms in total. The van der Waals surface area contributed by atoms with Crippen molar-refractivity contribution >= 4 is 17.6 Å².